The molecule has 0 aromatic heterocycles. The zero-order valence-electron chi connectivity index (χ0n) is 25.5. The molecule has 1 atom stereocenters. The summed E-state index contributed by atoms with van der Waals surface area (Å²) in [6.45, 7) is 3.61. The van der Waals surface area contributed by atoms with E-state index in [9.17, 15) is 14.2 Å². The first-order chi connectivity index (χ1) is 19.3. The van der Waals surface area contributed by atoms with Crippen LogP contribution in [0.15, 0.2) is 12.2 Å². The third-order valence-electron chi connectivity index (χ3n) is 6.78. The lowest BCUT2D eigenvalue weighted by molar-refractivity contribution is -0.161. The van der Waals surface area contributed by atoms with Crippen molar-refractivity contribution in [2.45, 2.75) is 161 Å². The first-order valence-corrected chi connectivity index (χ1v) is 17.5. The highest BCUT2D eigenvalue weighted by Crippen LogP contribution is 2.35. The van der Waals surface area contributed by atoms with Gasteiger partial charge in [-0.05, 0) is 38.5 Å². The second kappa shape index (κ2) is 27.9. The summed E-state index contributed by atoms with van der Waals surface area (Å²) >= 11 is 0. The molecule has 0 fully saturated rings. The van der Waals surface area contributed by atoms with Crippen molar-refractivity contribution in [1.29, 1.82) is 0 Å². The number of carbonyl (C=O) groups excluding carboxylic acids is 2. The molecular weight excluding hydrogens is 531 g/mol. The van der Waals surface area contributed by atoms with E-state index in [1.54, 1.807) is 0 Å². The molecule has 8 nitrogen and oxygen atoms in total. The van der Waals surface area contributed by atoms with Crippen molar-refractivity contribution in [3.05, 3.63) is 12.2 Å². The van der Waals surface area contributed by atoms with E-state index in [0.717, 1.165) is 57.8 Å². The van der Waals surface area contributed by atoms with Crippen LogP contribution in [0.3, 0.4) is 0 Å². The number of ether oxygens (including phenoxy) is 2. The molecule has 0 saturated heterocycles. The van der Waals surface area contributed by atoms with Crippen molar-refractivity contribution < 1.29 is 37.9 Å². The third kappa shape index (κ3) is 29.8. The highest BCUT2D eigenvalue weighted by molar-refractivity contribution is 7.46. The van der Waals surface area contributed by atoms with Gasteiger partial charge in [0.2, 0.25) is 0 Å². The Morgan fingerprint density at radius 2 is 1.05 bits per heavy atom. The lowest BCUT2D eigenvalue weighted by atomic mass is 10.1. The van der Waals surface area contributed by atoms with E-state index >= 15 is 0 Å². The van der Waals surface area contributed by atoms with Crippen LogP contribution >= 0.6 is 7.82 Å². The largest absolute Gasteiger partial charge is 0.469 e. The summed E-state index contributed by atoms with van der Waals surface area (Å²) in [6, 6.07) is 0. The fourth-order valence-electron chi connectivity index (χ4n) is 4.37. The summed E-state index contributed by atoms with van der Waals surface area (Å²) < 4.78 is 26.1. The van der Waals surface area contributed by atoms with Crippen molar-refractivity contribution in [1.82, 2.24) is 0 Å². The lowest BCUT2D eigenvalue weighted by Crippen LogP contribution is -2.29. The van der Waals surface area contributed by atoms with Crippen molar-refractivity contribution in [2.75, 3.05) is 13.2 Å². The van der Waals surface area contributed by atoms with Gasteiger partial charge in [0.05, 0.1) is 6.61 Å². The Kier molecular flexibility index (Phi) is 27.1. The number of phosphoric ester groups is 1. The van der Waals surface area contributed by atoms with E-state index in [0.29, 0.717) is 6.42 Å². The summed E-state index contributed by atoms with van der Waals surface area (Å²) in [5.41, 5.74) is 0. The van der Waals surface area contributed by atoms with Crippen LogP contribution in [0.5, 0.6) is 0 Å². The van der Waals surface area contributed by atoms with Crippen LogP contribution in [-0.2, 0) is 28.2 Å². The number of carbonyl (C=O) groups is 2. The molecule has 0 aromatic carbocycles. The second-order valence-corrected chi connectivity index (χ2v) is 12.0. The Morgan fingerprint density at radius 3 is 1.57 bits per heavy atom. The van der Waals surface area contributed by atoms with Gasteiger partial charge in [-0.3, -0.25) is 14.1 Å². The minimum absolute atomic E-state index is 0.205. The van der Waals surface area contributed by atoms with Crippen molar-refractivity contribution in [3.8, 4) is 0 Å². The van der Waals surface area contributed by atoms with Gasteiger partial charge in [-0.15, -0.1) is 0 Å². The minimum Gasteiger partial charge on any atom is -0.462 e. The standard InChI is InChI=1S/C31H59O8P/c1-3-5-7-9-11-13-15-16-18-20-22-24-26-31(33)39-29(28-38-40(34,35)36)27-37-30(32)25-23-21-19-17-14-12-10-8-6-4-2/h11,13,29H,3-10,12,14-28H2,1-2H3,(H2,34,35,36)/b13-11-/t29-/m1/s1. The molecule has 0 rings (SSSR count). The van der Waals surface area contributed by atoms with Crippen LogP contribution in [0.2, 0.25) is 0 Å². The fourth-order valence-corrected chi connectivity index (χ4v) is 4.73. The molecule has 0 aliphatic rings. The van der Waals surface area contributed by atoms with E-state index in [1.165, 1.54) is 64.2 Å². The first kappa shape index (κ1) is 38.8. The fraction of sp³-hybridized carbons (Fsp3) is 0.871. The maximum Gasteiger partial charge on any atom is 0.469 e. The van der Waals surface area contributed by atoms with E-state index in [4.69, 9.17) is 19.3 Å². The van der Waals surface area contributed by atoms with Crippen LogP contribution in [0.4, 0.5) is 0 Å². The Labute approximate surface area is 244 Å². The van der Waals surface area contributed by atoms with Crippen molar-refractivity contribution in [3.63, 3.8) is 0 Å². The summed E-state index contributed by atoms with van der Waals surface area (Å²) in [4.78, 5) is 42.4. The third-order valence-corrected chi connectivity index (χ3v) is 7.27. The highest BCUT2D eigenvalue weighted by atomic mass is 31.2. The first-order valence-electron chi connectivity index (χ1n) is 16.0. The van der Waals surface area contributed by atoms with Gasteiger partial charge >= 0.3 is 19.8 Å². The van der Waals surface area contributed by atoms with Gasteiger partial charge in [0.25, 0.3) is 0 Å². The summed E-state index contributed by atoms with van der Waals surface area (Å²) in [6.07, 6.45) is 26.5. The molecule has 0 saturated carbocycles. The average molecular weight is 591 g/mol. The van der Waals surface area contributed by atoms with Crippen LogP contribution in [0.1, 0.15) is 155 Å². The molecule has 0 aliphatic heterocycles. The average Bonchev–Trinajstić information content (AvgIpc) is 2.91. The Bertz CT molecular complexity index is 676. The zero-order chi connectivity index (χ0) is 29.7. The van der Waals surface area contributed by atoms with Gasteiger partial charge < -0.3 is 19.3 Å². The molecule has 0 bridgehead atoms. The highest BCUT2D eigenvalue weighted by Gasteiger charge is 2.22. The van der Waals surface area contributed by atoms with Crippen molar-refractivity contribution >= 4 is 19.8 Å². The Hall–Kier alpha value is -1.21. The molecule has 40 heavy (non-hydrogen) atoms. The van der Waals surface area contributed by atoms with Gasteiger partial charge in [0.15, 0.2) is 6.10 Å². The van der Waals surface area contributed by atoms with Gasteiger partial charge in [-0.25, -0.2) is 4.57 Å². The van der Waals surface area contributed by atoms with Gasteiger partial charge in [-0.2, -0.15) is 0 Å². The summed E-state index contributed by atoms with van der Waals surface area (Å²) in [7, 11) is -4.74. The molecule has 0 aliphatic carbocycles. The SMILES string of the molecule is CCCCC/C=C\CCCCCCCC(=O)O[C@H](COC(=O)CCCCCCCCCCCC)COP(=O)(O)O. The number of hydrogen-bond acceptors (Lipinski definition) is 6. The molecule has 0 spiro atoms. The smallest absolute Gasteiger partial charge is 0.462 e. The molecule has 0 heterocycles. The maximum atomic E-state index is 12.3. The van der Waals surface area contributed by atoms with E-state index in [-0.39, 0.29) is 19.4 Å². The monoisotopic (exact) mass is 590 g/mol. The number of rotatable bonds is 29. The van der Waals surface area contributed by atoms with E-state index in [1.807, 2.05) is 0 Å². The van der Waals surface area contributed by atoms with Crippen molar-refractivity contribution in [2.24, 2.45) is 0 Å². The molecular formula is C31H59O8P. The number of hydrogen-bond donors (Lipinski definition) is 2. The Balaban J connectivity index is 4.05. The van der Waals surface area contributed by atoms with Crippen LogP contribution < -0.4 is 0 Å². The van der Waals surface area contributed by atoms with Gasteiger partial charge in [-0.1, -0.05) is 116 Å². The molecule has 2 N–H and O–H groups in total. The second-order valence-electron chi connectivity index (χ2n) is 10.8. The molecule has 0 unspecified atom stereocenters. The summed E-state index contributed by atoms with van der Waals surface area (Å²) in [5.74, 6) is -0.896. The molecule has 236 valence electrons. The quantitative estimate of drug-likeness (QED) is 0.0384. The van der Waals surface area contributed by atoms with Crippen LogP contribution in [0.25, 0.3) is 0 Å². The summed E-state index contributed by atoms with van der Waals surface area (Å²) in [5, 5.41) is 0. The van der Waals surface area contributed by atoms with E-state index < -0.39 is 32.5 Å². The lowest BCUT2D eigenvalue weighted by Gasteiger charge is -2.18. The number of phosphoric acid groups is 1. The molecule has 9 heteroatoms. The number of esters is 2. The number of allylic oxidation sites excluding steroid dienone is 2. The normalized spacial score (nSPS) is 12.6. The topological polar surface area (TPSA) is 119 Å². The maximum absolute atomic E-state index is 12.3. The minimum atomic E-state index is -4.74. The van der Waals surface area contributed by atoms with Crippen LogP contribution in [0, 0.1) is 0 Å². The van der Waals surface area contributed by atoms with E-state index in [2.05, 4.69) is 30.5 Å². The van der Waals surface area contributed by atoms with Gasteiger partial charge in [0.1, 0.15) is 6.61 Å². The predicted octanol–water partition coefficient (Wildman–Crippen LogP) is 8.73. The van der Waals surface area contributed by atoms with Crippen LogP contribution in [-0.4, -0.2) is 41.0 Å². The number of unbranched alkanes of at least 4 members (excludes halogenated alkanes) is 17. The molecule has 0 aromatic rings. The molecule has 0 radical (unpaired) electrons. The predicted molar refractivity (Wildman–Crippen MR) is 161 cm³/mol. The molecule has 0 amide bonds. The van der Waals surface area contributed by atoms with Gasteiger partial charge in [0, 0.05) is 12.8 Å². The Morgan fingerprint density at radius 1 is 0.625 bits per heavy atom. The zero-order valence-corrected chi connectivity index (χ0v) is 26.4.